The molecule has 0 N–H and O–H groups in total. The van der Waals surface area contributed by atoms with E-state index in [1.807, 2.05) is 24.3 Å². The lowest BCUT2D eigenvalue weighted by Crippen LogP contribution is -2.04. The van der Waals surface area contributed by atoms with Crippen LogP contribution in [-0.4, -0.2) is 17.7 Å². The highest BCUT2D eigenvalue weighted by Gasteiger charge is 2.14. The van der Waals surface area contributed by atoms with Crippen molar-refractivity contribution in [2.24, 2.45) is 0 Å². The zero-order chi connectivity index (χ0) is 12.3. The van der Waals surface area contributed by atoms with Crippen molar-refractivity contribution in [3.63, 3.8) is 0 Å². The van der Waals surface area contributed by atoms with Gasteiger partial charge in [-0.2, -0.15) is 0 Å². The van der Waals surface area contributed by atoms with Gasteiger partial charge in [-0.1, -0.05) is 33.2 Å². The maximum Gasteiger partial charge on any atom is 0.360 e. The molecule has 4 nitrogen and oxygen atoms in total. The second-order valence-electron chi connectivity index (χ2n) is 3.31. The molecule has 0 fully saturated rings. The number of carbonyl (C=O) groups is 1. The molecule has 0 bridgehead atoms. The number of rotatable bonds is 3. The number of ether oxygens (including phenoxy) is 1. The lowest BCUT2D eigenvalue weighted by molar-refractivity contribution is 0.0514. The van der Waals surface area contributed by atoms with E-state index in [-0.39, 0.29) is 5.69 Å². The summed E-state index contributed by atoms with van der Waals surface area (Å²) in [4.78, 5) is 11.4. The van der Waals surface area contributed by atoms with Crippen molar-refractivity contribution in [1.29, 1.82) is 0 Å². The van der Waals surface area contributed by atoms with E-state index >= 15 is 0 Å². The van der Waals surface area contributed by atoms with Gasteiger partial charge in [0.05, 0.1) is 6.61 Å². The van der Waals surface area contributed by atoms with Crippen LogP contribution in [0.5, 0.6) is 0 Å². The van der Waals surface area contributed by atoms with E-state index in [2.05, 4.69) is 21.1 Å². The van der Waals surface area contributed by atoms with Crippen molar-refractivity contribution in [2.75, 3.05) is 6.61 Å². The Labute approximate surface area is 107 Å². The van der Waals surface area contributed by atoms with Crippen LogP contribution in [-0.2, 0) is 4.74 Å². The minimum atomic E-state index is -0.475. The Balaban J connectivity index is 2.27. The Kier molecular flexibility index (Phi) is 3.58. The molecule has 1 aromatic carbocycles. The topological polar surface area (TPSA) is 52.3 Å². The zero-order valence-corrected chi connectivity index (χ0v) is 10.7. The molecule has 1 aromatic heterocycles. The molecule has 0 radical (unpaired) electrons. The van der Waals surface area contributed by atoms with Gasteiger partial charge in [-0.05, 0) is 19.1 Å². The summed E-state index contributed by atoms with van der Waals surface area (Å²) in [7, 11) is 0. The van der Waals surface area contributed by atoms with Crippen molar-refractivity contribution < 1.29 is 14.1 Å². The molecule has 0 aliphatic carbocycles. The van der Waals surface area contributed by atoms with Crippen LogP contribution >= 0.6 is 15.9 Å². The van der Waals surface area contributed by atoms with Crippen molar-refractivity contribution in [1.82, 2.24) is 5.16 Å². The van der Waals surface area contributed by atoms with E-state index in [1.54, 1.807) is 13.0 Å². The number of aromatic nitrogens is 1. The van der Waals surface area contributed by atoms with Crippen molar-refractivity contribution in [2.45, 2.75) is 6.92 Å². The molecule has 17 heavy (non-hydrogen) atoms. The van der Waals surface area contributed by atoms with Crippen LogP contribution in [0.25, 0.3) is 11.3 Å². The van der Waals surface area contributed by atoms with Gasteiger partial charge in [0.1, 0.15) is 0 Å². The van der Waals surface area contributed by atoms with E-state index in [0.717, 1.165) is 10.0 Å². The molecule has 0 unspecified atom stereocenters. The van der Waals surface area contributed by atoms with E-state index < -0.39 is 5.97 Å². The number of esters is 1. The molecule has 0 atom stereocenters. The Morgan fingerprint density at radius 1 is 1.47 bits per heavy atom. The molecule has 0 saturated heterocycles. The molecule has 88 valence electrons. The first-order chi connectivity index (χ1) is 8.20. The first kappa shape index (κ1) is 11.9. The number of hydrogen-bond acceptors (Lipinski definition) is 4. The average molecular weight is 296 g/mol. The van der Waals surface area contributed by atoms with Gasteiger partial charge in [-0.25, -0.2) is 4.79 Å². The van der Waals surface area contributed by atoms with Crippen LogP contribution in [0, 0.1) is 0 Å². The fourth-order valence-corrected chi connectivity index (χ4v) is 1.75. The fraction of sp³-hybridized carbons (Fsp3) is 0.167. The number of halogens is 1. The summed E-state index contributed by atoms with van der Waals surface area (Å²) < 4.78 is 10.9. The number of hydrogen-bond donors (Lipinski definition) is 0. The Hall–Kier alpha value is -1.62. The lowest BCUT2D eigenvalue weighted by atomic mass is 10.2. The van der Waals surface area contributed by atoms with Gasteiger partial charge in [0.2, 0.25) is 0 Å². The van der Waals surface area contributed by atoms with Crippen molar-refractivity contribution >= 4 is 21.9 Å². The summed E-state index contributed by atoms with van der Waals surface area (Å²) in [5.74, 6) is 0.0619. The van der Waals surface area contributed by atoms with Crippen molar-refractivity contribution in [3.8, 4) is 11.3 Å². The van der Waals surface area contributed by atoms with Crippen LogP contribution in [0.3, 0.4) is 0 Å². The molecule has 2 rings (SSSR count). The van der Waals surface area contributed by atoms with Gasteiger partial charge in [0.25, 0.3) is 0 Å². The second-order valence-corrected chi connectivity index (χ2v) is 4.22. The highest BCUT2D eigenvalue weighted by Crippen LogP contribution is 2.23. The summed E-state index contributed by atoms with van der Waals surface area (Å²) in [5, 5.41) is 3.68. The van der Waals surface area contributed by atoms with Crippen molar-refractivity contribution in [3.05, 3.63) is 40.5 Å². The van der Waals surface area contributed by atoms with Gasteiger partial charge in [0, 0.05) is 16.1 Å². The highest BCUT2D eigenvalue weighted by atomic mass is 79.9. The first-order valence-corrected chi connectivity index (χ1v) is 5.90. The van der Waals surface area contributed by atoms with E-state index in [4.69, 9.17) is 9.26 Å². The average Bonchev–Trinajstić information content (AvgIpc) is 2.78. The van der Waals surface area contributed by atoms with Gasteiger partial charge in [0.15, 0.2) is 11.5 Å². The molecule has 0 spiro atoms. The number of carbonyl (C=O) groups excluding carboxylic acids is 1. The highest BCUT2D eigenvalue weighted by molar-refractivity contribution is 9.10. The predicted molar refractivity (Wildman–Crippen MR) is 65.6 cm³/mol. The Morgan fingerprint density at radius 3 is 3.00 bits per heavy atom. The maximum atomic E-state index is 11.4. The van der Waals surface area contributed by atoms with Crippen LogP contribution in [0.15, 0.2) is 39.3 Å². The quantitative estimate of drug-likeness (QED) is 0.816. The van der Waals surface area contributed by atoms with Gasteiger partial charge < -0.3 is 9.26 Å². The van der Waals surface area contributed by atoms with E-state index in [0.29, 0.717) is 12.4 Å². The minimum absolute atomic E-state index is 0.182. The Morgan fingerprint density at radius 2 is 2.29 bits per heavy atom. The molecule has 0 aliphatic heterocycles. The van der Waals surface area contributed by atoms with Gasteiger partial charge in [-0.15, -0.1) is 0 Å². The molecule has 2 aromatic rings. The zero-order valence-electron chi connectivity index (χ0n) is 9.14. The molecule has 1 heterocycles. The largest absolute Gasteiger partial charge is 0.461 e. The molecule has 5 heteroatoms. The van der Waals surface area contributed by atoms with Crippen LogP contribution in [0.2, 0.25) is 0 Å². The standard InChI is InChI=1S/C12H10BrNO3/c1-2-16-12(15)10-7-11(17-14-10)8-4-3-5-9(13)6-8/h3-7H,2H2,1H3. The summed E-state index contributed by atoms with van der Waals surface area (Å²) in [6.07, 6.45) is 0. The number of benzene rings is 1. The van der Waals surface area contributed by atoms with Crippen LogP contribution in [0.4, 0.5) is 0 Å². The molecular weight excluding hydrogens is 286 g/mol. The molecular formula is C12H10BrNO3. The minimum Gasteiger partial charge on any atom is -0.461 e. The summed E-state index contributed by atoms with van der Waals surface area (Å²) >= 11 is 3.37. The smallest absolute Gasteiger partial charge is 0.360 e. The maximum absolute atomic E-state index is 11.4. The third-order valence-electron chi connectivity index (χ3n) is 2.10. The van der Waals surface area contributed by atoms with Gasteiger partial charge in [-0.3, -0.25) is 0 Å². The third-order valence-corrected chi connectivity index (χ3v) is 2.60. The fourth-order valence-electron chi connectivity index (χ4n) is 1.35. The van der Waals surface area contributed by atoms with E-state index in [1.165, 1.54) is 0 Å². The summed E-state index contributed by atoms with van der Waals surface area (Å²) in [6.45, 7) is 2.06. The monoisotopic (exact) mass is 295 g/mol. The normalized spacial score (nSPS) is 10.2. The van der Waals surface area contributed by atoms with Crippen LogP contribution < -0.4 is 0 Å². The molecule has 0 aliphatic rings. The summed E-state index contributed by atoms with van der Waals surface area (Å²) in [6, 6.07) is 9.12. The molecule has 0 amide bonds. The lowest BCUT2D eigenvalue weighted by Gasteiger charge is -1.95. The predicted octanol–water partition coefficient (Wildman–Crippen LogP) is 3.28. The molecule has 0 saturated carbocycles. The SMILES string of the molecule is CCOC(=O)c1cc(-c2cccc(Br)c2)on1. The van der Waals surface area contributed by atoms with Gasteiger partial charge >= 0.3 is 5.97 Å². The third kappa shape index (κ3) is 2.74. The first-order valence-electron chi connectivity index (χ1n) is 5.10. The number of nitrogens with zero attached hydrogens (tertiary/aromatic N) is 1. The van der Waals surface area contributed by atoms with Crippen LogP contribution in [0.1, 0.15) is 17.4 Å². The Bertz CT molecular complexity index is 536. The summed E-state index contributed by atoms with van der Waals surface area (Å²) in [5.41, 5.74) is 1.03. The second kappa shape index (κ2) is 5.14. The van der Waals surface area contributed by atoms with E-state index in [9.17, 15) is 4.79 Å².